The SMILES string of the molecule is CC(C)N(CC(=O)NCC#N)CC1CCCCN1. The highest BCUT2D eigenvalue weighted by Crippen LogP contribution is 2.10. The fourth-order valence-electron chi connectivity index (χ4n) is 2.20. The van der Waals surface area contributed by atoms with Gasteiger partial charge in [-0.15, -0.1) is 0 Å². The molecule has 0 aromatic rings. The number of hydrogen-bond acceptors (Lipinski definition) is 4. The van der Waals surface area contributed by atoms with Crippen LogP contribution in [-0.4, -0.2) is 49.1 Å². The molecule has 1 heterocycles. The number of amides is 1. The molecule has 0 bridgehead atoms. The largest absolute Gasteiger partial charge is 0.342 e. The minimum absolute atomic E-state index is 0.0685. The number of nitrogens with one attached hydrogen (secondary N) is 2. The molecule has 1 atom stereocenters. The third-order valence-electron chi connectivity index (χ3n) is 3.31. The van der Waals surface area contributed by atoms with E-state index in [1.807, 2.05) is 6.07 Å². The Morgan fingerprint density at radius 3 is 2.89 bits per heavy atom. The zero-order valence-corrected chi connectivity index (χ0v) is 11.4. The highest BCUT2D eigenvalue weighted by Gasteiger charge is 2.20. The van der Waals surface area contributed by atoms with Crippen LogP contribution in [0.25, 0.3) is 0 Å². The van der Waals surface area contributed by atoms with Crippen LogP contribution in [-0.2, 0) is 4.79 Å². The zero-order valence-electron chi connectivity index (χ0n) is 11.4. The molecule has 0 aliphatic carbocycles. The molecule has 5 nitrogen and oxygen atoms in total. The van der Waals surface area contributed by atoms with E-state index in [0.717, 1.165) is 13.1 Å². The lowest BCUT2D eigenvalue weighted by Crippen LogP contribution is -2.49. The van der Waals surface area contributed by atoms with E-state index in [0.29, 0.717) is 18.6 Å². The maximum Gasteiger partial charge on any atom is 0.235 e. The quantitative estimate of drug-likeness (QED) is 0.675. The van der Waals surface area contributed by atoms with Crippen LogP contribution in [0.15, 0.2) is 0 Å². The summed E-state index contributed by atoms with van der Waals surface area (Å²) in [6, 6.07) is 2.75. The summed E-state index contributed by atoms with van der Waals surface area (Å²) < 4.78 is 0. The summed E-state index contributed by atoms with van der Waals surface area (Å²) in [4.78, 5) is 13.8. The van der Waals surface area contributed by atoms with Crippen LogP contribution < -0.4 is 10.6 Å². The van der Waals surface area contributed by atoms with Gasteiger partial charge in [0.2, 0.25) is 5.91 Å². The van der Waals surface area contributed by atoms with Crippen molar-refractivity contribution in [2.45, 2.75) is 45.2 Å². The van der Waals surface area contributed by atoms with Gasteiger partial charge in [0.15, 0.2) is 0 Å². The molecular weight excluding hydrogens is 228 g/mol. The fourth-order valence-corrected chi connectivity index (χ4v) is 2.20. The molecule has 0 spiro atoms. The third kappa shape index (κ3) is 5.48. The molecule has 5 heteroatoms. The summed E-state index contributed by atoms with van der Waals surface area (Å²) in [5, 5.41) is 14.5. The Labute approximate surface area is 110 Å². The first-order chi connectivity index (χ1) is 8.63. The molecule has 0 saturated carbocycles. The van der Waals surface area contributed by atoms with Gasteiger partial charge >= 0.3 is 0 Å². The molecule has 1 rings (SSSR count). The summed E-state index contributed by atoms with van der Waals surface area (Å²) >= 11 is 0. The molecule has 1 fully saturated rings. The van der Waals surface area contributed by atoms with Gasteiger partial charge in [0, 0.05) is 18.6 Å². The van der Waals surface area contributed by atoms with Crippen molar-refractivity contribution in [2.24, 2.45) is 0 Å². The molecule has 1 unspecified atom stereocenters. The van der Waals surface area contributed by atoms with E-state index in [1.165, 1.54) is 19.3 Å². The number of hydrogen-bond donors (Lipinski definition) is 2. The molecule has 1 saturated heterocycles. The molecule has 1 amide bonds. The predicted octanol–water partition coefficient (Wildman–Crippen LogP) is 0.479. The van der Waals surface area contributed by atoms with E-state index in [4.69, 9.17) is 5.26 Å². The minimum Gasteiger partial charge on any atom is -0.342 e. The Morgan fingerprint density at radius 1 is 1.56 bits per heavy atom. The van der Waals surface area contributed by atoms with Gasteiger partial charge in [-0.1, -0.05) is 6.42 Å². The van der Waals surface area contributed by atoms with Crippen LogP contribution in [0.3, 0.4) is 0 Å². The van der Waals surface area contributed by atoms with E-state index in [2.05, 4.69) is 29.4 Å². The smallest absolute Gasteiger partial charge is 0.235 e. The van der Waals surface area contributed by atoms with E-state index in [-0.39, 0.29) is 12.5 Å². The van der Waals surface area contributed by atoms with Crippen LogP contribution in [0.5, 0.6) is 0 Å². The Balaban J connectivity index is 2.39. The second-order valence-electron chi connectivity index (χ2n) is 5.10. The molecule has 2 N–H and O–H groups in total. The first kappa shape index (κ1) is 14.9. The molecule has 0 aromatic carbocycles. The lowest BCUT2D eigenvalue weighted by molar-refractivity contribution is -0.122. The van der Waals surface area contributed by atoms with Crippen molar-refractivity contribution in [2.75, 3.05) is 26.2 Å². The maximum atomic E-state index is 11.6. The summed E-state index contributed by atoms with van der Waals surface area (Å²) in [6.07, 6.45) is 3.70. The Morgan fingerprint density at radius 2 is 2.33 bits per heavy atom. The van der Waals surface area contributed by atoms with Crippen molar-refractivity contribution >= 4 is 5.91 Å². The monoisotopic (exact) mass is 252 g/mol. The lowest BCUT2D eigenvalue weighted by Gasteiger charge is -2.32. The summed E-state index contributed by atoms with van der Waals surface area (Å²) in [5.74, 6) is -0.0685. The van der Waals surface area contributed by atoms with Gasteiger partial charge in [-0.2, -0.15) is 5.26 Å². The van der Waals surface area contributed by atoms with Gasteiger partial charge in [-0.25, -0.2) is 0 Å². The Bertz CT molecular complexity index is 292. The summed E-state index contributed by atoms with van der Waals surface area (Å²) in [5.41, 5.74) is 0. The van der Waals surface area contributed by atoms with Crippen LogP contribution in [0, 0.1) is 11.3 Å². The van der Waals surface area contributed by atoms with Gasteiger partial charge in [-0.3, -0.25) is 9.69 Å². The van der Waals surface area contributed by atoms with Crippen molar-refractivity contribution in [1.82, 2.24) is 15.5 Å². The highest BCUT2D eigenvalue weighted by molar-refractivity contribution is 5.78. The topological polar surface area (TPSA) is 68.2 Å². The van der Waals surface area contributed by atoms with E-state index in [1.54, 1.807) is 0 Å². The number of piperidine rings is 1. The predicted molar refractivity (Wildman–Crippen MR) is 71.0 cm³/mol. The highest BCUT2D eigenvalue weighted by atomic mass is 16.2. The van der Waals surface area contributed by atoms with Gasteiger partial charge in [0.1, 0.15) is 6.54 Å². The van der Waals surface area contributed by atoms with Crippen LogP contribution in [0.2, 0.25) is 0 Å². The Hall–Kier alpha value is -1.12. The third-order valence-corrected chi connectivity index (χ3v) is 3.31. The number of carbonyl (C=O) groups is 1. The molecule has 0 aromatic heterocycles. The van der Waals surface area contributed by atoms with Crippen molar-refractivity contribution in [3.63, 3.8) is 0 Å². The van der Waals surface area contributed by atoms with Gasteiger partial charge in [0.05, 0.1) is 12.6 Å². The average Bonchev–Trinajstić information content (AvgIpc) is 2.36. The number of nitriles is 1. The van der Waals surface area contributed by atoms with Gasteiger partial charge < -0.3 is 10.6 Å². The normalized spacial score (nSPS) is 19.8. The van der Waals surface area contributed by atoms with Crippen molar-refractivity contribution in [3.05, 3.63) is 0 Å². The van der Waals surface area contributed by atoms with Crippen molar-refractivity contribution < 1.29 is 4.79 Å². The number of nitrogens with zero attached hydrogens (tertiary/aromatic N) is 2. The van der Waals surface area contributed by atoms with Gasteiger partial charge in [-0.05, 0) is 33.2 Å². The first-order valence-corrected chi connectivity index (χ1v) is 6.74. The van der Waals surface area contributed by atoms with Crippen LogP contribution >= 0.6 is 0 Å². The second kappa shape index (κ2) is 8.06. The molecule has 18 heavy (non-hydrogen) atoms. The summed E-state index contributed by atoms with van der Waals surface area (Å²) in [6.45, 7) is 6.64. The van der Waals surface area contributed by atoms with E-state index < -0.39 is 0 Å². The zero-order chi connectivity index (χ0) is 13.4. The average molecular weight is 252 g/mol. The first-order valence-electron chi connectivity index (χ1n) is 6.74. The molecule has 0 radical (unpaired) electrons. The molecule has 1 aliphatic heterocycles. The van der Waals surface area contributed by atoms with E-state index in [9.17, 15) is 4.79 Å². The Kier molecular flexibility index (Phi) is 6.69. The minimum atomic E-state index is -0.0685. The van der Waals surface area contributed by atoms with Gasteiger partial charge in [0.25, 0.3) is 0 Å². The van der Waals surface area contributed by atoms with Crippen molar-refractivity contribution in [3.8, 4) is 6.07 Å². The molecule has 1 aliphatic rings. The lowest BCUT2D eigenvalue weighted by atomic mass is 10.0. The van der Waals surface area contributed by atoms with Crippen LogP contribution in [0.1, 0.15) is 33.1 Å². The standard InChI is InChI=1S/C13H24N4O/c1-11(2)17(10-13(18)16-8-6-14)9-12-5-3-4-7-15-12/h11-12,15H,3-5,7-10H2,1-2H3,(H,16,18). The number of carbonyl (C=O) groups excluding carboxylic acids is 1. The van der Waals surface area contributed by atoms with E-state index >= 15 is 0 Å². The maximum absolute atomic E-state index is 11.6. The fraction of sp³-hybridized carbons (Fsp3) is 0.846. The van der Waals surface area contributed by atoms with Crippen molar-refractivity contribution in [1.29, 1.82) is 5.26 Å². The number of rotatable bonds is 6. The van der Waals surface area contributed by atoms with Crippen LogP contribution in [0.4, 0.5) is 0 Å². The summed E-state index contributed by atoms with van der Waals surface area (Å²) in [7, 11) is 0. The molecule has 102 valence electrons. The molecular formula is C13H24N4O. The second-order valence-corrected chi connectivity index (χ2v) is 5.10.